The second kappa shape index (κ2) is 4.80. The second-order valence-electron chi connectivity index (χ2n) is 3.85. The van der Waals surface area contributed by atoms with E-state index in [1.807, 2.05) is 33.0 Å². The van der Waals surface area contributed by atoms with Crippen molar-refractivity contribution in [1.29, 1.82) is 0 Å². The van der Waals surface area contributed by atoms with E-state index in [-0.39, 0.29) is 6.04 Å². The standard InChI is InChI=1S/C12H16N2OS/c1-8-4-5-12(15-8)11(13-3)6-10-7-16-9(2)14-10/h4-5,7,11,13H,6H2,1-3H3. The van der Waals surface area contributed by atoms with Gasteiger partial charge in [-0.2, -0.15) is 0 Å². The van der Waals surface area contributed by atoms with Crippen LogP contribution in [0, 0.1) is 13.8 Å². The van der Waals surface area contributed by atoms with Crippen LogP contribution in [0.15, 0.2) is 21.9 Å². The zero-order valence-electron chi connectivity index (χ0n) is 9.78. The second-order valence-corrected chi connectivity index (χ2v) is 4.91. The minimum absolute atomic E-state index is 0.204. The van der Waals surface area contributed by atoms with Crippen molar-refractivity contribution in [3.05, 3.63) is 39.7 Å². The lowest BCUT2D eigenvalue weighted by Crippen LogP contribution is -2.18. The van der Waals surface area contributed by atoms with Crippen molar-refractivity contribution in [2.24, 2.45) is 0 Å². The Kier molecular flexibility index (Phi) is 3.41. The Bertz CT molecular complexity index is 461. The quantitative estimate of drug-likeness (QED) is 0.887. The fourth-order valence-electron chi connectivity index (χ4n) is 1.70. The Hall–Kier alpha value is -1.13. The van der Waals surface area contributed by atoms with Crippen LogP contribution in [0.2, 0.25) is 0 Å². The number of nitrogens with one attached hydrogen (secondary N) is 1. The van der Waals surface area contributed by atoms with Gasteiger partial charge in [0.05, 0.1) is 16.7 Å². The van der Waals surface area contributed by atoms with E-state index in [2.05, 4.69) is 15.7 Å². The summed E-state index contributed by atoms with van der Waals surface area (Å²) in [7, 11) is 1.95. The summed E-state index contributed by atoms with van der Waals surface area (Å²) in [6.45, 7) is 3.99. The van der Waals surface area contributed by atoms with Gasteiger partial charge in [-0.25, -0.2) is 4.98 Å². The molecule has 0 aliphatic carbocycles. The van der Waals surface area contributed by atoms with Crippen molar-refractivity contribution in [1.82, 2.24) is 10.3 Å². The van der Waals surface area contributed by atoms with Gasteiger partial charge >= 0.3 is 0 Å². The molecule has 1 unspecified atom stereocenters. The summed E-state index contributed by atoms with van der Waals surface area (Å²) in [5, 5.41) is 6.48. The Morgan fingerprint density at radius 2 is 2.25 bits per heavy atom. The maximum Gasteiger partial charge on any atom is 0.121 e. The molecule has 1 N–H and O–H groups in total. The molecule has 2 heterocycles. The molecular formula is C12H16N2OS. The van der Waals surface area contributed by atoms with Gasteiger partial charge in [-0.3, -0.25) is 0 Å². The maximum absolute atomic E-state index is 5.63. The molecule has 1 atom stereocenters. The molecule has 0 aliphatic rings. The molecule has 0 bridgehead atoms. The van der Waals surface area contributed by atoms with E-state index in [1.165, 1.54) is 0 Å². The largest absolute Gasteiger partial charge is 0.465 e. The van der Waals surface area contributed by atoms with Crippen molar-refractivity contribution in [2.75, 3.05) is 7.05 Å². The average Bonchev–Trinajstić information content (AvgIpc) is 2.84. The average molecular weight is 236 g/mol. The first kappa shape index (κ1) is 11.4. The fourth-order valence-corrected chi connectivity index (χ4v) is 2.32. The minimum Gasteiger partial charge on any atom is -0.465 e. The molecule has 86 valence electrons. The molecule has 2 aromatic rings. The van der Waals surface area contributed by atoms with Gasteiger partial charge < -0.3 is 9.73 Å². The van der Waals surface area contributed by atoms with Crippen molar-refractivity contribution in [3.8, 4) is 0 Å². The van der Waals surface area contributed by atoms with Crippen molar-refractivity contribution >= 4 is 11.3 Å². The Morgan fingerprint density at radius 1 is 1.44 bits per heavy atom. The zero-order valence-corrected chi connectivity index (χ0v) is 10.6. The molecule has 0 radical (unpaired) electrons. The van der Waals surface area contributed by atoms with Gasteiger partial charge in [-0.15, -0.1) is 11.3 Å². The smallest absolute Gasteiger partial charge is 0.121 e. The number of nitrogens with zero attached hydrogens (tertiary/aromatic N) is 1. The summed E-state index contributed by atoms with van der Waals surface area (Å²) >= 11 is 1.69. The van der Waals surface area contributed by atoms with Crippen molar-refractivity contribution < 1.29 is 4.42 Å². The lowest BCUT2D eigenvalue weighted by Gasteiger charge is -2.11. The Labute approximate surface area is 99.5 Å². The van der Waals surface area contributed by atoms with E-state index < -0.39 is 0 Å². The maximum atomic E-state index is 5.63. The number of thiazole rings is 1. The SMILES string of the molecule is CNC(Cc1csc(C)n1)c1ccc(C)o1. The normalized spacial score (nSPS) is 12.9. The summed E-state index contributed by atoms with van der Waals surface area (Å²) in [4.78, 5) is 4.47. The third-order valence-electron chi connectivity index (χ3n) is 2.53. The lowest BCUT2D eigenvalue weighted by atomic mass is 10.1. The third kappa shape index (κ3) is 2.51. The van der Waals surface area contributed by atoms with Gasteiger partial charge in [0.25, 0.3) is 0 Å². The first-order chi connectivity index (χ1) is 7.69. The van der Waals surface area contributed by atoms with Crippen LogP contribution in [0.25, 0.3) is 0 Å². The number of furan rings is 1. The molecule has 4 heteroatoms. The van der Waals surface area contributed by atoms with Crippen LogP contribution < -0.4 is 5.32 Å². The molecule has 0 spiro atoms. The molecule has 16 heavy (non-hydrogen) atoms. The van der Waals surface area contributed by atoms with Crippen molar-refractivity contribution in [3.63, 3.8) is 0 Å². The highest BCUT2D eigenvalue weighted by molar-refractivity contribution is 7.09. The monoisotopic (exact) mass is 236 g/mol. The first-order valence-electron chi connectivity index (χ1n) is 5.33. The van der Waals surface area contributed by atoms with Gasteiger partial charge in [0.1, 0.15) is 11.5 Å². The van der Waals surface area contributed by atoms with Gasteiger partial charge in [0, 0.05) is 11.8 Å². The molecule has 0 fully saturated rings. The molecule has 2 rings (SSSR count). The molecule has 2 aromatic heterocycles. The molecular weight excluding hydrogens is 220 g/mol. The Balaban J connectivity index is 2.12. The number of hydrogen-bond acceptors (Lipinski definition) is 4. The van der Waals surface area contributed by atoms with Crippen molar-refractivity contribution in [2.45, 2.75) is 26.3 Å². The van der Waals surface area contributed by atoms with Crippen LogP contribution in [-0.4, -0.2) is 12.0 Å². The van der Waals surface area contributed by atoms with Gasteiger partial charge in [-0.05, 0) is 33.0 Å². The third-order valence-corrected chi connectivity index (χ3v) is 3.36. The molecule has 0 saturated carbocycles. The van der Waals surface area contributed by atoms with Crippen LogP contribution in [0.1, 0.15) is 28.3 Å². The topological polar surface area (TPSA) is 38.1 Å². The van der Waals surface area contributed by atoms with Gasteiger partial charge in [0.2, 0.25) is 0 Å². The van der Waals surface area contributed by atoms with Gasteiger partial charge in [0.15, 0.2) is 0 Å². The predicted molar refractivity (Wildman–Crippen MR) is 65.8 cm³/mol. The van der Waals surface area contributed by atoms with Crippen LogP contribution >= 0.6 is 11.3 Å². The molecule has 0 saturated heterocycles. The van der Waals surface area contributed by atoms with Crippen LogP contribution in [-0.2, 0) is 6.42 Å². The minimum atomic E-state index is 0.204. The highest BCUT2D eigenvalue weighted by Gasteiger charge is 2.14. The summed E-state index contributed by atoms with van der Waals surface area (Å²) in [5.41, 5.74) is 1.12. The van der Waals surface area contributed by atoms with E-state index in [0.717, 1.165) is 28.6 Å². The molecule has 0 aliphatic heterocycles. The van der Waals surface area contributed by atoms with Crippen LogP contribution in [0.4, 0.5) is 0 Å². The van der Waals surface area contributed by atoms with E-state index >= 15 is 0 Å². The number of likely N-dealkylation sites (N-methyl/N-ethyl adjacent to an activating group) is 1. The van der Waals surface area contributed by atoms with E-state index in [4.69, 9.17) is 4.42 Å². The lowest BCUT2D eigenvalue weighted by molar-refractivity contribution is 0.413. The number of aryl methyl sites for hydroxylation is 2. The van der Waals surface area contributed by atoms with E-state index in [9.17, 15) is 0 Å². The highest BCUT2D eigenvalue weighted by Crippen LogP contribution is 2.21. The predicted octanol–water partition coefficient (Wildman–Crippen LogP) is 2.86. The molecule has 0 aromatic carbocycles. The fraction of sp³-hybridized carbons (Fsp3) is 0.417. The molecule has 3 nitrogen and oxygen atoms in total. The highest BCUT2D eigenvalue weighted by atomic mass is 32.1. The summed E-state index contributed by atoms with van der Waals surface area (Å²) < 4.78 is 5.63. The summed E-state index contributed by atoms with van der Waals surface area (Å²) in [6, 6.07) is 4.22. The number of rotatable bonds is 4. The zero-order chi connectivity index (χ0) is 11.5. The summed E-state index contributed by atoms with van der Waals surface area (Å²) in [5.74, 6) is 1.93. The molecule has 0 amide bonds. The Morgan fingerprint density at radius 3 is 2.75 bits per heavy atom. The number of hydrogen-bond donors (Lipinski definition) is 1. The first-order valence-corrected chi connectivity index (χ1v) is 6.21. The van der Waals surface area contributed by atoms with Crippen LogP contribution in [0.5, 0.6) is 0 Å². The van der Waals surface area contributed by atoms with E-state index in [1.54, 1.807) is 11.3 Å². The van der Waals surface area contributed by atoms with E-state index in [0.29, 0.717) is 0 Å². The van der Waals surface area contributed by atoms with Crippen LogP contribution in [0.3, 0.4) is 0 Å². The summed E-state index contributed by atoms with van der Waals surface area (Å²) in [6.07, 6.45) is 0.869. The van der Waals surface area contributed by atoms with Gasteiger partial charge in [-0.1, -0.05) is 0 Å². The number of aromatic nitrogens is 1.